The molecule has 2 bridgehead atoms. The first kappa shape index (κ1) is 16.2. The molecule has 20 heavy (non-hydrogen) atoms. The van der Waals surface area contributed by atoms with Crippen molar-refractivity contribution in [2.24, 2.45) is 0 Å². The lowest BCUT2D eigenvalue weighted by Gasteiger charge is -2.45. The van der Waals surface area contributed by atoms with Gasteiger partial charge in [-0.25, -0.2) is 0 Å². The van der Waals surface area contributed by atoms with Gasteiger partial charge in [-0.1, -0.05) is 6.92 Å². The minimum Gasteiger partial charge on any atom is -0.315 e. The summed E-state index contributed by atoms with van der Waals surface area (Å²) in [6.45, 7) is 14.0. The number of rotatable bonds is 2. The van der Waals surface area contributed by atoms with Crippen molar-refractivity contribution in [1.82, 2.24) is 25.3 Å². The van der Waals surface area contributed by atoms with Crippen LogP contribution in [0.15, 0.2) is 0 Å². The molecule has 0 aromatic heterocycles. The Morgan fingerprint density at radius 1 is 0.950 bits per heavy atom. The SMILES string of the molecule is CCN(C)C1CN2CCCNCCNCCCN1CC2. The molecule has 0 amide bonds. The second kappa shape index (κ2) is 8.95. The molecule has 2 N–H and O–H groups in total. The highest BCUT2D eigenvalue weighted by Gasteiger charge is 2.28. The van der Waals surface area contributed by atoms with E-state index in [1.807, 2.05) is 0 Å². The van der Waals surface area contributed by atoms with Gasteiger partial charge in [-0.15, -0.1) is 0 Å². The third kappa shape index (κ3) is 4.97. The topological polar surface area (TPSA) is 33.8 Å². The molecule has 0 aliphatic carbocycles. The Hall–Kier alpha value is -0.200. The van der Waals surface area contributed by atoms with Crippen molar-refractivity contribution in [3.63, 3.8) is 0 Å². The summed E-state index contributed by atoms with van der Waals surface area (Å²) in [6.07, 6.45) is 3.13. The normalized spacial score (nSPS) is 34.0. The summed E-state index contributed by atoms with van der Waals surface area (Å²) in [5.41, 5.74) is 0. The van der Waals surface area contributed by atoms with Crippen molar-refractivity contribution in [1.29, 1.82) is 0 Å². The summed E-state index contributed by atoms with van der Waals surface area (Å²) in [5, 5.41) is 7.07. The second-order valence-corrected chi connectivity index (χ2v) is 6.10. The lowest BCUT2D eigenvalue weighted by Crippen LogP contribution is -2.59. The van der Waals surface area contributed by atoms with Gasteiger partial charge in [0, 0.05) is 39.3 Å². The number of fused-ring (bicyclic) bond motifs is 11. The Morgan fingerprint density at radius 2 is 1.65 bits per heavy atom. The van der Waals surface area contributed by atoms with Crippen LogP contribution in [0.3, 0.4) is 0 Å². The Bertz CT molecular complexity index is 257. The van der Waals surface area contributed by atoms with E-state index in [-0.39, 0.29) is 0 Å². The predicted octanol–water partition coefficient (Wildman–Crippen LogP) is -0.145. The zero-order valence-electron chi connectivity index (χ0n) is 13.4. The fraction of sp³-hybridized carbons (Fsp3) is 1.00. The largest absolute Gasteiger partial charge is 0.315 e. The van der Waals surface area contributed by atoms with Crippen LogP contribution in [0.25, 0.3) is 0 Å². The van der Waals surface area contributed by atoms with Gasteiger partial charge >= 0.3 is 0 Å². The molecule has 5 nitrogen and oxygen atoms in total. The van der Waals surface area contributed by atoms with Crippen molar-refractivity contribution >= 4 is 0 Å². The summed E-state index contributed by atoms with van der Waals surface area (Å²) in [4.78, 5) is 7.84. The molecule has 3 atom stereocenters. The molecule has 3 fully saturated rings. The molecule has 0 radical (unpaired) electrons. The Morgan fingerprint density at radius 3 is 2.35 bits per heavy atom. The standard InChI is InChI=1S/C15H33N5/c1-3-18(2)15-14-19-10-4-6-16-8-9-17-7-5-11-20(15)13-12-19/h15-17H,3-14H2,1-2H3. The number of piperazine rings is 1. The molecule has 118 valence electrons. The fourth-order valence-corrected chi connectivity index (χ4v) is 3.21. The van der Waals surface area contributed by atoms with Crippen LogP contribution in [0.1, 0.15) is 19.8 Å². The highest BCUT2D eigenvalue weighted by Crippen LogP contribution is 2.13. The van der Waals surface area contributed by atoms with Crippen LogP contribution in [0.5, 0.6) is 0 Å². The van der Waals surface area contributed by atoms with Crippen molar-refractivity contribution in [3.05, 3.63) is 0 Å². The van der Waals surface area contributed by atoms with Gasteiger partial charge in [0.1, 0.15) is 0 Å². The molecule has 3 unspecified atom stereocenters. The van der Waals surface area contributed by atoms with E-state index in [2.05, 4.69) is 39.3 Å². The fourth-order valence-electron chi connectivity index (χ4n) is 3.21. The highest BCUT2D eigenvalue weighted by molar-refractivity contribution is 4.81. The Balaban J connectivity index is 1.92. The monoisotopic (exact) mass is 283 g/mol. The predicted molar refractivity (Wildman–Crippen MR) is 85.1 cm³/mol. The van der Waals surface area contributed by atoms with Crippen molar-refractivity contribution < 1.29 is 0 Å². The number of hydrogen-bond acceptors (Lipinski definition) is 5. The van der Waals surface area contributed by atoms with Gasteiger partial charge in [0.15, 0.2) is 0 Å². The van der Waals surface area contributed by atoms with E-state index in [1.165, 1.54) is 45.6 Å². The lowest BCUT2D eigenvalue weighted by molar-refractivity contribution is -0.00901. The van der Waals surface area contributed by atoms with E-state index in [0.29, 0.717) is 6.17 Å². The van der Waals surface area contributed by atoms with Gasteiger partial charge in [-0.05, 0) is 46.1 Å². The summed E-state index contributed by atoms with van der Waals surface area (Å²) in [6, 6.07) is 0. The first-order chi connectivity index (χ1) is 9.81. The molecule has 3 heterocycles. The van der Waals surface area contributed by atoms with E-state index < -0.39 is 0 Å². The number of likely N-dealkylation sites (N-methyl/N-ethyl adjacent to an activating group) is 1. The average molecular weight is 283 g/mol. The smallest absolute Gasteiger partial charge is 0.0751 e. The maximum absolute atomic E-state index is 3.54. The van der Waals surface area contributed by atoms with Crippen molar-refractivity contribution in [3.8, 4) is 0 Å². The van der Waals surface area contributed by atoms with Crippen LogP contribution in [-0.2, 0) is 0 Å². The molecule has 0 saturated carbocycles. The van der Waals surface area contributed by atoms with E-state index in [1.54, 1.807) is 0 Å². The van der Waals surface area contributed by atoms with Crippen LogP contribution < -0.4 is 10.6 Å². The van der Waals surface area contributed by atoms with Gasteiger partial charge in [0.2, 0.25) is 0 Å². The van der Waals surface area contributed by atoms with Crippen LogP contribution >= 0.6 is 0 Å². The second-order valence-electron chi connectivity index (χ2n) is 6.10. The number of hydrogen-bond donors (Lipinski definition) is 2. The van der Waals surface area contributed by atoms with Crippen molar-refractivity contribution in [2.45, 2.75) is 25.9 Å². The maximum Gasteiger partial charge on any atom is 0.0751 e. The lowest BCUT2D eigenvalue weighted by atomic mass is 10.2. The molecule has 3 aliphatic heterocycles. The summed E-state index contributed by atoms with van der Waals surface area (Å²) < 4.78 is 0. The summed E-state index contributed by atoms with van der Waals surface area (Å²) in [7, 11) is 2.27. The van der Waals surface area contributed by atoms with Gasteiger partial charge < -0.3 is 10.6 Å². The molecule has 3 saturated heterocycles. The minimum atomic E-state index is 0.602. The maximum atomic E-state index is 3.54. The third-order valence-electron chi connectivity index (χ3n) is 4.66. The molecule has 0 spiro atoms. The average Bonchev–Trinajstić information content (AvgIpc) is 2.49. The van der Waals surface area contributed by atoms with Crippen LogP contribution in [0.2, 0.25) is 0 Å². The first-order valence-corrected chi connectivity index (χ1v) is 8.39. The minimum absolute atomic E-state index is 0.602. The first-order valence-electron chi connectivity index (χ1n) is 8.39. The number of nitrogens with one attached hydrogen (secondary N) is 2. The van der Waals surface area contributed by atoms with E-state index in [9.17, 15) is 0 Å². The van der Waals surface area contributed by atoms with Gasteiger partial charge in [-0.2, -0.15) is 0 Å². The van der Waals surface area contributed by atoms with Crippen LogP contribution in [0, 0.1) is 0 Å². The van der Waals surface area contributed by atoms with E-state index >= 15 is 0 Å². The van der Waals surface area contributed by atoms with Crippen LogP contribution in [0.4, 0.5) is 0 Å². The highest BCUT2D eigenvalue weighted by atomic mass is 15.4. The molecule has 3 aliphatic rings. The molecule has 0 aromatic carbocycles. The molecule has 0 aromatic rings. The Labute approximate surface area is 124 Å². The molecule has 3 rings (SSSR count). The molecular formula is C15H33N5. The van der Waals surface area contributed by atoms with E-state index in [4.69, 9.17) is 0 Å². The molecular weight excluding hydrogens is 250 g/mol. The molecule has 5 heteroatoms. The summed E-state index contributed by atoms with van der Waals surface area (Å²) in [5.74, 6) is 0. The summed E-state index contributed by atoms with van der Waals surface area (Å²) >= 11 is 0. The van der Waals surface area contributed by atoms with Crippen molar-refractivity contribution in [2.75, 3.05) is 72.5 Å². The van der Waals surface area contributed by atoms with Gasteiger partial charge in [0.05, 0.1) is 6.17 Å². The third-order valence-corrected chi connectivity index (χ3v) is 4.66. The zero-order chi connectivity index (χ0) is 14.2. The zero-order valence-corrected chi connectivity index (χ0v) is 13.4. The number of nitrogens with zero attached hydrogens (tertiary/aromatic N) is 3. The van der Waals surface area contributed by atoms with Gasteiger partial charge in [0.25, 0.3) is 0 Å². The Kier molecular flexibility index (Phi) is 7.24. The quantitative estimate of drug-likeness (QED) is 0.737. The van der Waals surface area contributed by atoms with Crippen LogP contribution in [-0.4, -0.2) is 93.4 Å². The van der Waals surface area contributed by atoms with E-state index in [0.717, 1.165) is 32.7 Å². The van der Waals surface area contributed by atoms with Gasteiger partial charge in [-0.3, -0.25) is 14.7 Å².